The van der Waals surface area contributed by atoms with Gasteiger partial charge in [-0.3, -0.25) is 4.90 Å². The molecule has 1 aromatic carbocycles. The maximum Gasteiger partial charge on any atom is 0.213 e. The molecule has 1 saturated heterocycles. The summed E-state index contributed by atoms with van der Waals surface area (Å²) in [5, 5.41) is 4.81. The van der Waals surface area contributed by atoms with Crippen LogP contribution < -0.4 is 5.14 Å². The zero-order valence-electron chi connectivity index (χ0n) is 9.75. The van der Waals surface area contributed by atoms with Crippen molar-refractivity contribution in [2.45, 2.75) is 24.6 Å². The van der Waals surface area contributed by atoms with E-state index in [-0.39, 0.29) is 0 Å². The number of nitrogens with two attached hydrogens (primary N) is 1. The number of likely N-dealkylation sites (tertiary alicyclic amines) is 1. The summed E-state index contributed by atoms with van der Waals surface area (Å²) in [5.74, 6) is 0. The third-order valence-corrected chi connectivity index (χ3v) is 4.49. The third-order valence-electron chi connectivity index (χ3n) is 3.18. The lowest BCUT2D eigenvalue weighted by Crippen LogP contribution is -2.44. The summed E-state index contributed by atoms with van der Waals surface area (Å²) in [6, 6.07) is 10.1. The van der Waals surface area contributed by atoms with E-state index in [2.05, 4.69) is 17.0 Å². The molecule has 0 spiro atoms. The van der Waals surface area contributed by atoms with Crippen molar-refractivity contribution in [1.82, 2.24) is 4.90 Å². The number of sulfonamides is 1. The lowest BCUT2D eigenvalue weighted by molar-refractivity contribution is 0.222. The van der Waals surface area contributed by atoms with Crippen LogP contribution in [0.3, 0.4) is 0 Å². The number of hydrogen-bond acceptors (Lipinski definition) is 3. The molecule has 1 aromatic rings. The summed E-state index contributed by atoms with van der Waals surface area (Å²) in [6.45, 7) is 2.29. The summed E-state index contributed by atoms with van der Waals surface area (Å²) < 4.78 is 22.7. The van der Waals surface area contributed by atoms with Gasteiger partial charge in [0.2, 0.25) is 10.0 Å². The van der Waals surface area contributed by atoms with Gasteiger partial charge < -0.3 is 0 Å². The second-order valence-corrected chi connectivity index (χ2v) is 6.42. The standard InChI is InChI=1S/C12H18N2O2S/c13-17(15,16)12-7-4-8-14(10-12)9-11-5-2-1-3-6-11/h1-3,5-6,12H,4,7-10H2,(H2,13,15,16)/t12-/m0/s1. The molecule has 1 heterocycles. The Hall–Kier alpha value is -0.910. The molecule has 94 valence electrons. The van der Waals surface area contributed by atoms with Gasteiger partial charge in [-0.05, 0) is 24.9 Å². The molecule has 1 fully saturated rings. The molecule has 4 nitrogen and oxygen atoms in total. The van der Waals surface area contributed by atoms with Crippen molar-refractivity contribution in [3.8, 4) is 0 Å². The third kappa shape index (κ3) is 3.52. The topological polar surface area (TPSA) is 63.4 Å². The van der Waals surface area contributed by atoms with Crippen LogP contribution in [0, 0.1) is 0 Å². The predicted octanol–water partition coefficient (Wildman–Crippen LogP) is 0.940. The number of primary sulfonamides is 1. The van der Waals surface area contributed by atoms with Crippen molar-refractivity contribution in [2.75, 3.05) is 13.1 Å². The van der Waals surface area contributed by atoms with Crippen LogP contribution in [-0.4, -0.2) is 31.7 Å². The Morgan fingerprint density at radius 2 is 2.00 bits per heavy atom. The van der Waals surface area contributed by atoms with Crippen LogP contribution in [0.2, 0.25) is 0 Å². The lowest BCUT2D eigenvalue weighted by atomic mass is 10.1. The SMILES string of the molecule is NS(=O)(=O)[C@H]1CCCN(Cc2ccccc2)C1. The maximum atomic E-state index is 11.3. The fraction of sp³-hybridized carbons (Fsp3) is 0.500. The van der Waals surface area contributed by atoms with Crippen LogP contribution in [0.1, 0.15) is 18.4 Å². The van der Waals surface area contributed by atoms with Crippen molar-refractivity contribution in [3.63, 3.8) is 0 Å². The first-order valence-corrected chi connectivity index (χ1v) is 7.44. The quantitative estimate of drug-likeness (QED) is 0.873. The molecule has 1 atom stereocenters. The number of hydrogen-bond donors (Lipinski definition) is 1. The first-order chi connectivity index (χ1) is 8.05. The van der Waals surface area contributed by atoms with Gasteiger partial charge in [-0.25, -0.2) is 13.6 Å². The Balaban J connectivity index is 1.99. The lowest BCUT2D eigenvalue weighted by Gasteiger charge is -2.31. The maximum absolute atomic E-state index is 11.3. The van der Waals surface area contributed by atoms with Gasteiger partial charge >= 0.3 is 0 Å². The largest absolute Gasteiger partial charge is 0.298 e. The average molecular weight is 254 g/mol. The molecule has 17 heavy (non-hydrogen) atoms. The van der Waals surface area contributed by atoms with Gasteiger partial charge in [0.15, 0.2) is 0 Å². The van der Waals surface area contributed by atoms with Crippen LogP contribution in [0.15, 0.2) is 30.3 Å². The second kappa shape index (κ2) is 5.16. The minimum absolute atomic E-state index is 0.403. The molecule has 2 N–H and O–H groups in total. The van der Waals surface area contributed by atoms with Crippen LogP contribution in [-0.2, 0) is 16.6 Å². The van der Waals surface area contributed by atoms with E-state index in [9.17, 15) is 8.42 Å². The highest BCUT2D eigenvalue weighted by Crippen LogP contribution is 2.17. The van der Waals surface area contributed by atoms with Crippen LogP contribution >= 0.6 is 0 Å². The predicted molar refractivity (Wildman–Crippen MR) is 67.8 cm³/mol. The van der Waals surface area contributed by atoms with Crippen molar-refractivity contribution in [1.29, 1.82) is 0 Å². The molecule has 0 bridgehead atoms. The highest BCUT2D eigenvalue weighted by Gasteiger charge is 2.27. The summed E-state index contributed by atoms with van der Waals surface area (Å²) in [4.78, 5) is 2.16. The Bertz CT molecular complexity index is 459. The van der Waals surface area contributed by atoms with Crippen molar-refractivity contribution >= 4 is 10.0 Å². The Labute approximate surface area is 102 Å². The Morgan fingerprint density at radius 3 is 2.65 bits per heavy atom. The molecule has 0 aliphatic carbocycles. The van der Waals surface area contributed by atoms with Crippen molar-refractivity contribution in [2.24, 2.45) is 5.14 Å². The van der Waals surface area contributed by atoms with E-state index < -0.39 is 15.3 Å². The molecule has 0 radical (unpaired) electrons. The number of piperidine rings is 1. The zero-order chi connectivity index (χ0) is 12.3. The molecule has 0 aromatic heterocycles. The van der Waals surface area contributed by atoms with Crippen LogP contribution in [0.4, 0.5) is 0 Å². The summed E-state index contributed by atoms with van der Waals surface area (Å²) in [6.07, 6.45) is 1.58. The second-order valence-electron chi connectivity index (χ2n) is 4.57. The fourth-order valence-electron chi connectivity index (χ4n) is 2.27. The summed E-state index contributed by atoms with van der Waals surface area (Å²) >= 11 is 0. The van der Waals surface area contributed by atoms with Gasteiger partial charge in [0.25, 0.3) is 0 Å². The van der Waals surface area contributed by atoms with Crippen molar-refractivity contribution < 1.29 is 8.42 Å². The normalized spacial score (nSPS) is 22.5. The molecule has 0 unspecified atom stereocenters. The van der Waals surface area contributed by atoms with E-state index in [1.165, 1.54) is 5.56 Å². The first kappa shape index (κ1) is 12.5. The summed E-state index contributed by atoms with van der Waals surface area (Å²) in [5.41, 5.74) is 1.21. The average Bonchev–Trinajstić information content (AvgIpc) is 2.29. The highest BCUT2D eigenvalue weighted by atomic mass is 32.2. The molecular formula is C12H18N2O2S. The number of rotatable bonds is 3. The van der Waals surface area contributed by atoms with Gasteiger partial charge in [0, 0.05) is 13.1 Å². The minimum Gasteiger partial charge on any atom is -0.298 e. The van der Waals surface area contributed by atoms with Crippen molar-refractivity contribution in [3.05, 3.63) is 35.9 Å². The van der Waals surface area contributed by atoms with Crippen LogP contribution in [0.25, 0.3) is 0 Å². The van der Waals surface area contributed by atoms with E-state index in [1.807, 2.05) is 18.2 Å². The van der Waals surface area contributed by atoms with Crippen LogP contribution in [0.5, 0.6) is 0 Å². The molecule has 2 rings (SSSR count). The smallest absolute Gasteiger partial charge is 0.213 e. The molecular weight excluding hydrogens is 236 g/mol. The Morgan fingerprint density at radius 1 is 1.29 bits per heavy atom. The monoisotopic (exact) mass is 254 g/mol. The van der Waals surface area contributed by atoms with Gasteiger partial charge in [0.05, 0.1) is 5.25 Å². The van der Waals surface area contributed by atoms with Gasteiger partial charge in [-0.2, -0.15) is 0 Å². The van der Waals surface area contributed by atoms with E-state index in [4.69, 9.17) is 5.14 Å². The zero-order valence-corrected chi connectivity index (χ0v) is 10.6. The fourth-order valence-corrected chi connectivity index (χ4v) is 3.18. The highest BCUT2D eigenvalue weighted by molar-refractivity contribution is 7.89. The van der Waals surface area contributed by atoms with Gasteiger partial charge in [-0.1, -0.05) is 30.3 Å². The van der Waals surface area contributed by atoms with Gasteiger partial charge in [0.1, 0.15) is 0 Å². The van der Waals surface area contributed by atoms with E-state index in [0.29, 0.717) is 13.0 Å². The minimum atomic E-state index is -3.39. The Kier molecular flexibility index (Phi) is 3.81. The molecule has 0 saturated carbocycles. The molecule has 0 amide bonds. The number of nitrogens with zero attached hydrogens (tertiary/aromatic N) is 1. The van der Waals surface area contributed by atoms with E-state index in [1.54, 1.807) is 0 Å². The molecule has 5 heteroatoms. The number of benzene rings is 1. The van der Waals surface area contributed by atoms with E-state index >= 15 is 0 Å². The molecule has 1 aliphatic rings. The first-order valence-electron chi connectivity index (χ1n) is 5.83. The van der Waals surface area contributed by atoms with E-state index in [0.717, 1.165) is 19.5 Å². The summed E-state index contributed by atoms with van der Waals surface area (Å²) in [7, 11) is -3.39. The molecule has 1 aliphatic heterocycles. The van der Waals surface area contributed by atoms with Gasteiger partial charge in [-0.15, -0.1) is 0 Å².